The number of hydrogen-bond donors (Lipinski definition) is 1. The lowest BCUT2D eigenvalue weighted by atomic mass is 10.1. The summed E-state index contributed by atoms with van der Waals surface area (Å²) in [7, 11) is 0. The van der Waals surface area contributed by atoms with Gasteiger partial charge in [0.1, 0.15) is 5.75 Å². The van der Waals surface area contributed by atoms with Crippen LogP contribution in [-0.2, 0) is 14.3 Å². The van der Waals surface area contributed by atoms with E-state index in [1.54, 1.807) is 18.3 Å². The van der Waals surface area contributed by atoms with Gasteiger partial charge in [0, 0.05) is 28.9 Å². The molecule has 1 atom stereocenters. The fraction of sp³-hybridized carbons (Fsp3) is 0.136. The molecule has 0 fully saturated rings. The van der Waals surface area contributed by atoms with Gasteiger partial charge in [0.15, 0.2) is 6.10 Å². The third-order valence-corrected chi connectivity index (χ3v) is 4.44. The van der Waals surface area contributed by atoms with E-state index < -0.39 is 24.6 Å². The van der Waals surface area contributed by atoms with Crippen LogP contribution in [-0.4, -0.2) is 29.6 Å². The smallest absolute Gasteiger partial charge is 0.387 e. The predicted molar refractivity (Wildman–Crippen MR) is 113 cm³/mol. The molecule has 1 heterocycles. The zero-order chi connectivity index (χ0) is 22.4. The number of carbonyl (C=O) groups is 2. The second-order valence-electron chi connectivity index (χ2n) is 6.35. The number of pyridine rings is 1. The minimum absolute atomic E-state index is 0.102. The zero-order valence-corrected chi connectivity index (χ0v) is 17.0. The van der Waals surface area contributed by atoms with Crippen LogP contribution < -0.4 is 10.1 Å². The summed E-state index contributed by atoms with van der Waals surface area (Å²) in [4.78, 5) is 28.7. The molecule has 0 radical (unpaired) electrons. The number of ether oxygens (including phenoxy) is 2. The molecular weight excluding hydrogens is 430 g/mol. The van der Waals surface area contributed by atoms with Gasteiger partial charge in [-0.2, -0.15) is 8.78 Å². The van der Waals surface area contributed by atoms with Crippen molar-refractivity contribution < 1.29 is 27.8 Å². The van der Waals surface area contributed by atoms with Crippen LogP contribution in [0, 0.1) is 0 Å². The number of nitrogens with zero attached hydrogens (tertiary/aromatic N) is 1. The number of rotatable bonds is 7. The van der Waals surface area contributed by atoms with Gasteiger partial charge in [0.2, 0.25) is 0 Å². The van der Waals surface area contributed by atoms with Crippen molar-refractivity contribution in [3.8, 4) is 5.75 Å². The highest BCUT2D eigenvalue weighted by molar-refractivity contribution is 6.32. The summed E-state index contributed by atoms with van der Waals surface area (Å²) in [5.41, 5.74) is 1.70. The second-order valence-corrected chi connectivity index (χ2v) is 6.75. The molecule has 0 spiro atoms. The Hall–Kier alpha value is -3.52. The van der Waals surface area contributed by atoms with Crippen molar-refractivity contribution in [1.29, 1.82) is 0 Å². The third kappa shape index (κ3) is 5.99. The molecule has 160 valence electrons. The summed E-state index contributed by atoms with van der Waals surface area (Å²) in [5.74, 6) is -1.55. The van der Waals surface area contributed by atoms with E-state index in [2.05, 4.69) is 15.0 Å². The molecule has 0 saturated carbocycles. The van der Waals surface area contributed by atoms with E-state index in [9.17, 15) is 18.4 Å². The minimum atomic E-state index is -3.02. The summed E-state index contributed by atoms with van der Waals surface area (Å²) in [6.07, 6.45) is 3.31. The Morgan fingerprint density at radius 1 is 1.16 bits per heavy atom. The molecule has 0 aliphatic carbocycles. The van der Waals surface area contributed by atoms with Crippen LogP contribution in [0.4, 0.5) is 14.5 Å². The number of benzene rings is 2. The average Bonchev–Trinajstić information content (AvgIpc) is 2.73. The summed E-state index contributed by atoms with van der Waals surface area (Å²) < 4.78 is 33.9. The number of nitrogens with one attached hydrogen (secondary N) is 1. The first-order valence-corrected chi connectivity index (χ1v) is 9.49. The lowest BCUT2D eigenvalue weighted by Crippen LogP contribution is -2.29. The molecule has 1 aromatic heterocycles. The summed E-state index contributed by atoms with van der Waals surface area (Å²) in [6.45, 7) is -1.62. The normalized spacial score (nSPS) is 12.2. The molecule has 0 aliphatic heterocycles. The fourth-order valence-corrected chi connectivity index (χ4v) is 2.93. The van der Waals surface area contributed by atoms with Crippen LogP contribution in [0.1, 0.15) is 12.5 Å². The van der Waals surface area contributed by atoms with Gasteiger partial charge in [-0.1, -0.05) is 35.9 Å². The number of amides is 1. The maximum atomic E-state index is 12.3. The lowest BCUT2D eigenvalue weighted by Gasteiger charge is -2.13. The Morgan fingerprint density at radius 2 is 1.94 bits per heavy atom. The summed E-state index contributed by atoms with van der Waals surface area (Å²) >= 11 is 5.85. The molecule has 0 aliphatic rings. The minimum Gasteiger partial charge on any atom is -0.449 e. The highest BCUT2D eigenvalue weighted by atomic mass is 35.5. The van der Waals surface area contributed by atoms with E-state index in [0.717, 1.165) is 16.5 Å². The first-order valence-electron chi connectivity index (χ1n) is 9.11. The topological polar surface area (TPSA) is 77.5 Å². The molecule has 31 heavy (non-hydrogen) atoms. The van der Waals surface area contributed by atoms with Gasteiger partial charge in [-0.15, -0.1) is 0 Å². The molecule has 1 unspecified atom stereocenters. The van der Waals surface area contributed by atoms with Gasteiger partial charge in [-0.05, 0) is 37.3 Å². The van der Waals surface area contributed by atoms with Gasteiger partial charge in [0.25, 0.3) is 5.91 Å². The van der Waals surface area contributed by atoms with Crippen LogP contribution in [0.15, 0.2) is 60.8 Å². The number of fused-ring (bicyclic) bond motifs is 1. The number of esters is 1. The van der Waals surface area contributed by atoms with Crippen molar-refractivity contribution in [2.45, 2.75) is 19.6 Å². The SMILES string of the molecule is CC(OC(=O)/C=C/c1cccc2cccnc12)C(=O)Nc1ccc(OC(F)F)c(Cl)c1. The fourth-order valence-electron chi connectivity index (χ4n) is 2.70. The summed E-state index contributed by atoms with van der Waals surface area (Å²) in [6, 6.07) is 13.1. The van der Waals surface area contributed by atoms with E-state index in [4.69, 9.17) is 16.3 Å². The quantitative estimate of drug-likeness (QED) is 0.405. The van der Waals surface area contributed by atoms with Crippen LogP contribution in [0.25, 0.3) is 17.0 Å². The first-order chi connectivity index (χ1) is 14.8. The Bertz CT molecular complexity index is 1130. The number of alkyl halides is 2. The van der Waals surface area contributed by atoms with Crippen LogP contribution in [0.3, 0.4) is 0 Å². The second kappa shape index (κ2) is 9.99. The van der Waals surface area contributed by atoms with E-state index in [-0.39, 0.29) is 16.5 Å². The Balaban J connectivity index is 1.59. The number of anilines is 1. The third-order valence-electron chi connectivity index (χ3n) is 4.14. The van der Waals surface area contributed by atoms with Gasteiger partial charge in [-0.25, -0.2) is 4.79 Å². The predicted octanol–water partition coefficient (Wildman–Crippen LogP) is 5.07. The number of para-hydroxylation sites is 1. The number of carbonyl (C=O) groups excluding carboxylic acids is 2. The molecule has 2 aromatic carbocycles. The van der Waals surface area contributed by atoms with Crippen molar-refractivity contribution in [2.24, 2.45) is 0 Å². The van der Waals surface area contributed by atoms with Gasteiger partial charge < -0.3 is 14.8 Å². The van der Waals surface area contributed by atoms with E-state index >= 15 is 0 Å². The van der Waals surface area contributed by atoms with Crippen molar-refractivity contribution in [3.05, 3.63) is 71.4 Å². The van der Waals surface area contributed by atoms with Crippen molar-refractivity contribution >= 4 is 46.1 Å². The first kappa shape index (κ1) is 22.2. The van der Waals surface area contributed by atoms with Crippen molar-refractivity contribution in [2.75, 3.05) is 5.32 Å². The monoisotopic (exact) mass is 446 g/mol. The Kier molecular flexibility index (Phi) is 7.15. The van der Waals surface area contributed by atoms with Crippen molar-refractivity contribution in [1.82, 2.24) is 4.98 Å². The molecule has 1 N–H and O–H groups in total. The molecule has 3 rings (SSSR count). The molecular formula is C22H17ClF2N2O4. The summed E-state index contributed by atoms with van der Waals surface area (Å²) in [5, 5.41) is 3.31. The molecule has 1 amide bonds. The van der Waals surface area contributed by atoms with E-state index in [1.807, 2.05) is 24.3 Å². The highest BCUT2D eigenvalue weighted by Crippen LogP contribution is 2.29. The van der Waals surface area contributed by atoms with Gasteiger partial charge in [0.05, 0.1) is 10.5 Å². The van der Waals surface area contributed by atoms with E-state index in [1.165, 1.54) is 31.2 Å². The van der Waals surface area contributed by atoms with Crippen LogP contribution >= 0.6 is 11.6 Å². The number of aromatic nitrogens is 1. The molecule has 3 aromatic rings. The number of hydrogen-bond acceptors (Lipinski definition) is 5. The molecule has 0 bridgehead atoms. The van der Waals surface area contributed by atoms with Crippen LogP contribution in [0.2, 0.25) is 5.02 Å². The zero-order valence-electron chi connectivity index (χ0n) is 16.2. The average molecular weight is 447 g/mol. The number of halogens is 3. The maximum Gasteiger partial charge on any atom is 0.387 e. The standard InChI is InChI=1S/C22H17ClF2N2O4/c1-13(21(29)27-16-8-9-18(17(23)12-16)31-22(24)25)30-19(28)10-7-15-5-2-4-14-6-3-11-26-20(14)15/h2-13,22H,1H3,(H,27,29)/b10-7+. The van der Waals surface area contributed by atoms with Gasteiger partial charge in [-0.3, -0.25) is 9.78 Å². The van der Waals surface area contributed by atoms with Crippen LogP contribution in [0.5, 0.6) is 5.75 Å². The Labute approximate surface area is 181 Å². The maximum absolute atomic E-state index is 12.3. The van der Waals surface area contributed by atoms with Gasteiger partial charge >= 0.3 is 12.6 Å². The largest absolute Gasteiger partial charge is 0.449 e. The highest BCUT2D eigenvalue weighted by Gasteiger charge is 2.18. The lowest BCUT2D eigenvalue weighted by molar-refractivity contribution is -0.148. The Morgan fingerprint density at radius 3 is 2.68 bits per heavy atom. The molecule has 6 nitrogen and oxygen atoms in total. The molecule has 9 heteroatoms. The van der Waals surface area contributed by atoms with E-state index in [0.29, 0.717) is 0 Å². The molecule has 0 saturated heterocycles. The van der Waals surface area contributed by atoms with Crippen molar-refractivity contribution in [3.63, 3.8) is 0 Å².